The van der Waals surface area contributed by atoms with Gasteiger partial charge in [-0.3, -0.25) is 4.99 Å². The minimum Gasteiger partial charge on any atom is -0.377 e. The lowest BCUT2D eigenvalue weighted by atomic mass is 9.96. The maximum atomic E-state index is 13.5. The van der Waals surface area contributed by atoms with Crippen molar-refractivity contribution in [3.8, 4) is 0 Å². The molecule has 1 aliphatic rings. The SMILES string of the molecule is CCNC(=NCC(C)(C)OC)NCC1(c2cccc(F)c2)CC1.I. The van der Waals surface area contributed by atoms with Crippen molar-refractivity contribution in [2.24, 2.45) is 4.99 Å². The van der Waals surface area contributed by atoms with Gasteiger partial charge in [0.05, 0.1) is 12.1 Å². The van der Waals surface area contributed by atoms with Crippen LogP contribution in [0.25, 0.3) is 0 Å². The van der Waals surface area contributed by atoms with Crippen molar-refractivity contribution >= 4 is 29.9 Å². The molecule has 0 heterocycles. The smallest absolute Gasteiger partial charge is 0.191 e. The second kappa shape index (κ2) is 8.99. The molecule has 2 rings (SSSR count). The van der Waals surface area contributed by atoms with Crippen LogP contribution in [0.3, 0.4) is 0 Å². The zero-order chi connectivity index (χ0) is 16.9. The van der Waals surface area contributed by atoms with Crippen LogP contribution in [0.2, 0.25) is 0 Å². The van der Waals surface area contributed by atoms with E-state index in [1.807, 2.05) is 26.8 Å². The lowest BCUT2D eigenvalue weighted by molar-refractivity contribution is 0.0310. The third kappa shape index (κ3) is 5.88. The van der Waals surface area contributed by atoms with Crippen molar-refractivity contribution in [1.82, 2.24) is 10.6 Å². The maximum absolute atomic E-state index is 13.5. The van der Waals surface area contributed by atoms with Gasteiger partial charge in [0.1, 0.15) is 5.82 Å². The van der Waals surface area contributed by atoms with Crippen molar-refractivity contribution < 1.29 is 9.13 Å². The molecule has 0 atom stereocenters. The zero-order valence-electron chi connectivity index (χ0n) is 15.0. The van der Waals surface area contributed by atoms with E-state index in [1.165, 1.54) is 6.07 Å². The van der Waals surface area contributed by atoms with Crippen LogP contribution in [-0.2, 0) is 10.2 Å². The van der Waals surface area contributed by atoms with Crippen LogP contribution in [0.1, 0.15) is 39.2 Å². The fourth-order valence-electron chi connectivity index (χ4n) is 2.47. The molecular formula is C18H29FIN3O. The lowest BCUT2D eigenvalue weighted by Crippen LogP contribution is -2.42. The van der Waals surface area contributed by atoms with E-state index < -0.39 is 0 Å². The van der Waals surface area contributed by atoms with Gasteiger partial charge in [0.2, 0.25) is 0 Å². The van der Waals surface area contributed by atoms with Crippen molar-refractivity contribution in [1.29, 1.82) is 0 Å². The Hall–Kier alpha value is -0.890. The average molecular weight is 449 g/mol. The number of methoxy groups -OCH3 is 1. The topological polar surface area (TPSA) is 45.7 Å². The number of hydrogen-bond acceptors (Lipinski definition) is 2. The molecule has 0 aromatic heterocycles. The Balaban J connectivity index is 0.00000288. The van der Waals surface area contributed by atoms with Gasteiger partial charge in [-0.2, -0.15) is 0 Å². The summed E-state index contributed by atoms with van der Waals surface area (Å²) in [5, 5.41) is 6.65. The Morgan fingerprint density at radius 1 is 1.33 bits per heavy atom. The van der Waals surface area contributed by atoms with E-state index in [4.69, 9.17) is 4.74 Å². The van der Waals surface area contributed by atoms with Gasteiger partial charge in [-0.05, 0) is 51.3 Å². The number of aliphatic imine (C=N–C) groups is 1. The van der Waals surface area contributed by atoms with Crippen molar-refractivity contribution in [2.75, 3.05) is 26.7 Å². The number of halogens is 2. The van der Waals surface area contributed by atoms with Crippen LogP contribution in [0.4, 0.5) is 4.39 Å². The molecule has 0 unspecified atom stereocenters. The molecule has 0 spiro atoms. The van der Waals surface area contributed by atoms with E-state index in [-0.39, 0.29) is 40.8 Å². The van der Waals surface area contributed by atoms with Gasteiger partial charge in [-0.1, -0.05) is 12.1 Å². The highest BCUT2D eigenvalue weighted by Crippen LogP contribution is 2.47. The van der Waals surface area contributed by atoms with Gasteiger partial charge in [0.25, 0.3) is 0 Å². The van der Waals surface area contributed by atoms with Gasteiger partial charge in [0, 0.05) is 25.6 Å². The van der Waals surface area contributed by atoms with E-state index in [0.29, 0.717) is 6.54 Å². The molecule has 2 N–H and O–H groups in total. The normalized spacial score (nSPS) is 16.3. The Kier molecular flexibility index (Phi) is 7.92. The first-order chi connectivity index (χ1) is 10.9. The highest BCUT2D eigenvalue weighted by Gasteiger charge is 2.44. The predicted molar refractivity (Wildman–Crippen MR) is 108 cm³/mol. The van der Waals surface area contributed by atoms with Crippen LogP contribution in [0.15, 0.2) is 29.3 Å². The van der Waals surface area contributed by atoms with E-state index in [9.17, 15) is 4.39 Å². The molecule has 6 heteroatoms. The fraction of sp³-hybridized carbons (Fsp3) is 0.611. The standard InChI is InChI=1S/C18H28FN3O.HI/c1-5-20-16(21-12-17(2,3)23-4)22-13-18(9-10-18)14-7-6-8-15(19)11-14;/h6-8,11H,5,9-10,12-13H2,1-4H3,(H2,20,21,22);1H. The van der Waals surface area contributed by atoms with Gasteiger partial charge in [-0.25, -0.2) is 4.39 Å². The predicted octanol–water partition coefficient (Wildman–Crippen LogP) is 3.46. The number of benzene rings is 1. The van der Waals surface area contributed by atoms with Crippen LogP contribution < -0.4 is 10.6 Å². The second-order valence-electron chi connectivity index (χ2n) is 6.80. The molecule has 0 radical (unpaired) electrons. The largest absolute Gasteiger partial charge is 0.377 e. The number of guanidine groups is 1. The molecule has 24 heavy (non-hydrogen) atoms. The summed E-state index contributed by atoms with van der Waals surface area (Å²) in [5.41, 5.74) is 0.815. The molecule has 4 nitrogen and oxygen atoms in total. The maximum Gasteiger partial charge on any atom is 0.191 e. The first kappa shape index (κ1) is 21.2. The Bertz CT molecular complexity index is 559. The number of nitrogens with one attached hydrogen (secondary N) is 2. The van der Waals surface area contributed by atoms with Crippen molar-refractivity contribution in [3.05, 3.63) is 35.6 Å². The third-order valence-corrected chi connectivity index (χ3v) is 4.40. The van der Waals surface area contributed by atoms with Crippen molar-refractivity contribution in [2.45, 2.75) is 44.6 Å². The van der Waals surface area contributed by atoms with Gasteiger partial charge in [-0.15, -0.1) is 24.0 Å². The van der Waals surface area contributed by atoms with Crippen LogP contribution >= 0.6 is 24.0 Å². The molecule has 1 saturated carbocycles. The van der Waals surface area contributed by atoms with E-state index in [0.717, 1.165) is 37.5 Å². The number of nitrogens with zero attached hydrogens (tertiary/aromatic N) is 1. The first-order valence-corrected chi connectivity index (χ1v) is 8.24. The van der Waals surface area contributed by atoms with E-state index >= 15 is 0 Å². The summed E-state index contributed by atoms with van der Waals surface area (Å²) in [6.45, 7) is 8.19. The summed E-state index contributed by atoms with van der Waals surface area (Å²) in [5.74, 6) is 0.608. The third-order valence-electron chi connectivity index (χ3n) is 4.40. The van der Waals surface area contributed by atoms with Crippen LogP contribution in [0.5, 0.6) is 0 Å². The molecule has 136 valence electrons. The van der Waals surface area contributed by atoms with Crippen molar-refractivity contribution in [3.63, 3.8) is 0 Å². The summed E-state index contributed by atoms with van der Waals surface area (Å²) in [6.07, 6.45) is 2.15. The minimum absolute atomic E-state index is 0. The van der Waals surface area contributed by atoms with Crippen LogP contribution in [-0.4, -0.2) is 38.3 Å². The van der Waals surface area contributed by atoms with E-state index in [2.05, 4.69) is 15.6 Å². The highest BCUT2D eigenvalue weighted by molar-refractivity contribution is 14.0. The lowest BCUT2D eigenvalue weighted by Gasteiger charge is -2.22. The molecule has 1 aromatic rings. The molecule has 1 aromatic carbocycles. The Morgan fingerprint density at radius 3 is 2.58 bits per heavy atom. The van der Waals surface area contributed by atoms with Gasteiger partial charge in [0.15, 0.2) is 5.96 Å². The molecule has 0 saturated heterocycles. The second-order valence-corrected chi connectivity index (χ2v) is 6.80. The number of rotatable bonds is 7. The first-order valence-electron chi connectivity index (χ1n) is 8.24. The zero-order valence-corrected chi connectivity index (χ0v) is 17.3. The molecule has 0 bridgehead atoms. The number of ether oxygens (including phenoxy) is 1. The summed E-state index contributed by atoms with van der Waals surface area (Å²) in [4.78, 5) is 4.59. The molecule has 0 amide bonds. The summed E-state index contributed by atoms with van der Waals surface area (Å²) in [7, 11) is 1.69. The average Bonchev–Trinajstić information content (AvgIpc) is 3.31. The van der Waals surface area contributed by atoms with Gasteiger partial charge >= 0.3 is 0 Å². The Morgan fingerprint density at radius 2 is 2.04 bits per heavy atom. The minimum atomic E-state index is -0.290. The number of hydrogen-bond donors (Lipinski definition) is 2. The fourth-order valence-corrected chi connectivity index (χ4v) is 2.47. The highest BCUT2D eigenvalue weighted by atomic mass is 127. The Labute approximate surface area is 161 Å². The summed E-state index contributed by atoms with van der Waals surface area (Å²) in [6, 6.07) is 6.93. The molecule has 1 fully saturated rings. The van der Waals surface area contributed by atoms with Crippen LogP contribution in [0, 0.1) is 5.82 Å². The summed E-state index contributed by atoms with van der Waals surface area (Å²) >= 11 is 0. The molecule has 1 aliphatic carbocycles. The van der Waals surface area contributed by atoms with E-state index in [1.54, 1.807) is 19.2 Å². The quantitative estimate of drug-likeness (QED) is 0.381. The summed E-state index contributed by atoms with van der Waals surface area (Å²) < 4.78 is 18.9. The monoisotopic (exact) mass is 449 g/mol. The molecule has 0 aliphatic heterocycles. The van der Waals surface area contributed by atoms with Gasteiger partial charge < -0.3 is 15.4 Å². The molecular weight excluding hydrogens is 420 g/mol.